The van der Waals surface area contributed by atoms with Crippen LogP contribution in [-0.2, 0) is 0 Å². The number of hydrogen-bond acceptors (Lipinski definition) is 4. The van der Waals surface area contributed by atoms with Gasteiger partial charge in [0, 0.05) is 37.2 Å². The number of Topliss-reactive ketones (excluding diaryl/α,β-unsaturated/α-hetero) is 1. The fourth-order valence-corrected chi connectivity index (χ4v) is 3.94. The molecule has 0 radical (unpaired) electrons. The molecule has 2 aromatic rings. The summed E-state index contributed by atoms with van der Waals surface area (Å²) in [5.74, 6) is 1.68. The molecule has 1 saturated heterocycles. The molecule has 0 bridgehead atoms. The van der Waals surface area contributed by atoms with Crippen molar-refractivity contribution in [1.29, 1.82) is 0 Å². The molecule has 1 fully saturated rings. The molecular formula is C21H26N2O4. The number of methoxy groups -OCH3 is 2. The Labute approximate surface area is 159 Å². The zero-order chi connectivity index (χ0) is 19.7. The molecule has 6 heteroatoms. The van der Waals surface area contributed by atoms with Crippen LogP contribution in [0.1, 0.15) is 56.9 Å². The van der Waals surface area contributed by atoms with E-state index in [1.54, 1.807) is 14.2 Å². The number of aromatic amines is 1. The van der Waals surface area contributed by atoms with Crippen molar-refractivity contribution in [3.8, 4) is 11.5 Å². The largest absolute Gasteiger partial charge is 0.497 e. The van der Waals surface area contributed by atoms with Gasteiger partial charge >= 0.3 is 0 Å². The van der Waals surface area contributed by atoms with Crippen LogP contribution in [0.25, 0.3) is 0 Å². The molecule has 1 atom stereocenters. The van der Waals surface area contributed by atoms with Gasteiger partial charge < -0.3 is 19.4 Å². The van der Waals surface area contributed by atoms with Crippen LogP contribution >= 0.6 is 0 Å². The van der Waals surface area contributed by atoms with Crippen LogP contribution in [0, 0.1) is 13.8 Å². The number of carbonyl (C=O) groups excluding carboxylic acids is 2. The van der Waals surface area contributed by atoms with E-state index in [-0.39, 0.29) is 17.6 Å². The second kappa shape index (κ2) is 7.47. The molecule has 1 aliphatic rings. The highest BCUT2D eigenvalue weighted by Gasteiger charge is 2.32. The summed E-state index contributed by atoms with van der Waals surface area (Å²) in [4.78, 5) is 29.8. The monoisotopic (exact) mass is 370 g/mol. The van der Waals surface area contributed by atoms with E-state index < -0.39 is 0 Å². The Kier molecular flexibility index (Phi) is 5.26. The maximum Gasteiger partial charge on any atom is 0.255 e. The number of rotatable bonds is 5. The number of carbonyl (C=O) groups is 2. The Morgan fingerprint density at radius 3 is 2.52 bits per heavy atom. The van der Waals surface area contributed by atoms with Crippen LogP contribution in [0.15, 0.2) is 18.2 Å². The molecule has 1 amide bonds. The summed E-state index contributed by atoms with van der Waals surface area (Å²) in [7, 11) is 3.29. The topological polar surface area (TPSA) is 71.6 Å². The van der Waals surface area contributed by atoms with E-state index in [9.17, 15) is 9.59 Å². The highest BCUT2D eigenvalue weighted by molar-refractivity contribution is 6.02. The van der Waals surface area contributed by atoms with Gasteiger partial charge in [-0.15, -0.1) is 0 Å². The SMILES string of the molecule is COc1ccc(OC)c([C@@H]2CCN(C(=O)c3c(C)[nH]c(C(C)=O)c3C)C2)c1. The van der Waals surface area contributed by atoms with Gasteiger partial charge in [0.15, 0.2) is 5.78 Å². The van der Waals surface area contributed by atoms with Gasteiger partial charge in [0.25, 0.3) is 5.91 Å². The molecule has 6 nitrogen and oxygen atoms in total. The van der Waals surface area contributed by atoms with Crippen molar-refractivity contribution < 1.29 is 19.1 Å². The van der Waals surface area contributed by atoms with Crippen LogP contribution in [-0.4, -0.2) is 48.9 Å². The third-order valence-corrected chi connectivity index (χ3v) is 5.36. The first-order valence-electron chi connectivity index (χ1n) is 9.08. The van der Waals surface area contributed by atoms with E-state index in [1.165, 1.54) is 6.92 Å². The molecule has 3 rings (SSSR count). The van der Waals surface area contributed by atoms with Gasteiger partial charge in [-0.2, -0.15) is 0 Å². The molecule has 1 aromatic carbocycles. The molecule has 1 aromatic heterocycles. The minimum Gasteiger partial charge on any atom is -0.497 e. The average molecular weight is 370 g/mol. The van der Waals surface area contributed by atoms with Gasteiger partial charge in [-0.05, 0) is 44.0 Å². The molecule has 2 heterocycles. The van der Waals surface area contributed by atoms with Gasteiger partial charge in [0.1, 0.15) is 11.5 Å². The molecule has 0 unspecified atom stereocenters. The molecule has 1 aliphatic heterocycles. The van der Waals surface area contributed by atoms with E-state index in [0.717, 1.165) is 34.7 Å². The van der Waals surface area contributed by atoms with Gasteiger partial charge in [-0.25, -0.2) is 0 Å². The molecule has 0 saturated carbocycles. The third kappa shape index (κ3) is 3.44. The molecular weight excluding hydrogens is 344 g/mol. The molecule has 27 heavy (non-hydrogen) atoms. The highest BCUT2D eigenvalue weighted by atomic mass is 16.5. The van der Waals surface area contributed by atoms with Crippen molar-refractivity contribution in [3.05, 3.63) is 46.3 Å². The quantitative estimate of drug-likeness (QED) is 0.818. The zero-order valence-corrected chi connectivity index (χ0v) is 16.5. The average Bonchev–Trinajstić information content (AvgIpc) is 3.25. The number of nitrogens with zero attached hydrogens (tertiary/aromatic N) is 1. The summed E-state index contributed by atoms with van der Waals surface area (Å²) in [6, 6.07) is 5.76. The first-order chi connectivity index (χ1) is 12.9. The van der Waals surface area contributed by atoms with Crippen molar-refractivity contribution in [2.24, 2.45) is 0 Å². The minimum absolute atomic E-state index is 0.0295. The second-order valence-electron chi connectivity index (χ2n) is 7.03. The van der Waals surface area contributed by atoms with Gasteiger partial charge in [0.2, 0.25) is 0 Å². The number of ketones is 1. The first-order valence-corrected chi connectivity index (χ1v) is 9.08. The third-order valence-electron chi connectivity index (χ3n) is 5.36. The number of aryl methyl sites for hydroxylation is 1. The van der Waals surface area contributed by atoms with Crippen LogP contribution < -0.4 is 9.47 Å². The lowest BCUT2D eigenvalue weighted by molar-refractivity contribution is 0.0789. The Balaban J connectivity index is 1.85. The van der Waals surface area contributed by atoms with Crippen LogP contribution in [0.2, 0.25) is 0 Å². The standard InChI is InChI=1S/C21H26N2O4/c1-12-19(13(2)22-20(12)14(3)24)21(25)23-9-8-15(11-23)17-10-16(26-4)6-7-18(17)27-5/h6-7,10,15,22H,8-9,11H2,1-5H3/t15-/m1/s1. The smallest absolute Gasteiger partial charge is 0.255 e. The van der Waals surface area contributed by atoms with E-state index in [1.807, 2.05) is 36.9 Å². The maximum atomic E-state index is 13.1. The molecule has 0 spiro atoms. The zero-order valence-electron chi connectivity index (χ0n) is 16.5. The number of aromatic nitrogens is 1. The number of benzene rings is 1. The number of H-pyrrole nitrogens is 1. The van der Waals surface area contributed by atoms with Crippen LogP contribution in [0.5, 0.6) is 11.5 Å². The number of nitrogens with one attached hydrogen (secondary N) is 1. The van der Waals surface area contributed by atoms with Gasteiger partial charge in [-0.1, -0.05) is 0 Å². The lowest BCUT2D eigenvalue weighted by Crippen LogP contribution is -2.29. The van der Waals surface area contributed by atoms with Crippen molar-refractivity contribution in [2.45, 2.75) is 33.1 Å². The summed E-state index contributed by atoms with van der Waals surface area (Å²) in [5, 5.41) is 0. The molecule has 0 aliphatic carbocycles. The first kappa shape index (κ1) is 19.0. The highest BCUT2D eigenvalue weighted by Crippen LogP contribution is 2.36. The van der Waals surface area contributed by atoms with E-state index >= 15 is 0 Å². The Morgan fingerprint density at radius 1 is 1.19 bits per heavy atom. The van der Waals surface area contributed by atoms with E-state index in [2.05, 4.69) is 4.98 Å². The number of amides is 1. The Morgan fingerprint density at radius 2 is 1.93 bits per heavy atom. The fraction of sp³-hybridized carbons (Fsp3) is 0.429. The predicted octanol–water partition coefficient (Wildman–Crippen LogP) is 3.48. The number of hydrogen-bond donors (Lipinski definition) is 1. The minimum atomic E-state index is -0.0601. The van der Waals surface area contributed by atoms with E-state index in [4.69, 9.17) is 9.47 Å². The summed E-state index contributed by atoms with van der Waals surface area (Å²) in [6.45, 7) is 6.45. The number of likely N-dealkylation sites (tertiary alicyclic amines) is 1. The summed E-state index contributed by atoms with van der Waals surface area (Å²) < 4.78 is 10.8. The summed E-state index contributed by atoms with van der Waals surface area (Å²) in [5.41, 5.74) is 3.65. The van der Waals surface area contributed by atoms with E-state index in [0.29, 0.717) is 24.3 Å². The maximum absolute atomic E-state index is 13.1. The lowest BCUT2D eigenvalue weighted by Gasteiger charge is -2.19. The van der Waals surface area contributed by atoms with Crippen LogP contribution in [0.4, 0.5) is 0 Å². The second-order valence-corrected chi connectivity index (χ2v) is 7.03. The van der Waals surface area contributed by atoms with Crippen LogP contribution in [0.3, 0.4) is 0 Å². The molecule has 1 N–H and O–H groups in total. The normalized spacial score (nSPS) is 16.5. The van der Waals surface area contributed by atoms with Crippen molar-refractivity contribution >= 4 is 11.7 Å². The molecule has 144 valence electrons. The van der Waals surface area contributed by atoms with Gasteiger partial charge in [-0.3, -0.25) is 9.59 Å². The lowest BCUT2D eigenvalue weighted by atomic mass is 9.97. The van der Waals surface area contributed by atoms with Gasteiger partial charge in [0.05, 0.1) is 25.5 Å². The fourth-order valence-electron chi connectivity index (χ4n) is 3.94. The number of ether oxygens (including phenoxy) is 2. The Bertz CT molecular complexity index is 885. The van der Waals surface area contributed by atoms with Crippen molar-refractivity contribution in [3.63, 3.8) is 0 Å². The van der Waals surface area contributed by atoms with Crippen molar-refractivity contribution in [1.82, 2.24) is 9.88 Å². The summed E-state index contributed by atoms with van der Waals surface area (Å²) >= 11 is 0. The Hall–Kier alpha value is -2.76. The predicted molar refractivity (Wildman–Crippen MR) is 103 cm³/mol. The summed E-state index contributed by atoms with van der Waals surface area (Å²) in [6.07, 6.45) is 0.858. The van der Waals surface area contributed by atoms with Crippen molar-refractivity contribution in [2.75, 3.05) is 27.3 Å².